The van der Waals surface area contributed by atoms with Crippen molar-refractivity contribution in [3.63, 3.8) is 0 Å². The van der Waals surface area contributed by atoms with Crippen LogP contribution in [0.15, 0.2) is 36.7 Å². The highest BCUT2D eigenvalue weighted by Crippen LogP contribution is 2.21. The standard InChI is InChI=1S/C12H16N4/c1-12(2,3)16-11(7-9-14-16)15-10-6-4-5-8-13-10/h4-9H,1-3H3,(H,13,15). The zero-order valence-corrected chi connectivity index (χ0v) is 9.81. The average molecular weight is 216 g/mol. The fraction of sp³-hybridized carbons (Fsp3) is 0.333. The van der Waals surface area contributed by atoms with Gasteiger partial charge in [0, 0.05) is 12.3 Å². The molecule has 0 aliphatic carbocycles. The van der Waals surface area contributed by atoms with Crippen LogP contribution in [0.1, 0.15) is 20.8 Å². The first-order valence-corrected chi connectivity index (χ1v) is 5.30. The summed E-state index contributed by atoms with van der Waals surface area (Å²) >= 11 is 0. The highest BCUT2D eigenvalue weighted by atomic mass is 15.4. The summed E-state index contributed by atoms with van der Waals surface area (Å²) in [4.78, 5) is 4.22. The number of pyridine rings is 1. The van der Waals surface area contributed by atoms with Gasteiger partial charge in [-0.15, -0.1) is 0 Å². The Hall–Kier alpha value is -1.84. The van der Waals surface area contributed by atoms with Crippen LogP contribution in [-0.4, -0.2) is 14.8 Å². The molecule has 0 atom stereocenters. The average Bonchev–Trinajstić information content (AvgIpc) is 2.67. The summed E-state index contributed by atoms with van der Waals surface area (Å²) in [6.07, 6.45) is 3.55. The Morgan fingerprint density at radius 3 is 2.56 bits per heavy atom. The van der Waals surface area contributed by atoms with Gasteiger partial charge in [0.25, 0.3) is 0 Å². The van der Waals surface area contributed by atoms with E-state index in [1.54, 1.807) is 12.4 Å². The second-order valence-electron chi connectivity index (χ2n) is 4.64. The molecule has 4 heteroatoms. The summed E-state index contributed by atoms with van der Waals surface area (Å²) in [5, 5.41) is 7.56. The summed E-state index contributed by atoms with van der Waals surface area (Å²) in [6, 6.07) is 7.72. The van der Waals surface area contributed by atoms with E-state index in [9.17, 15) is 0 Å². The third kappa shape index (κ3) is 2.21. The number of nitrogens with one attached hydrogen (secondary N) is 1. The predicted molar refractivity (Wildman–Crippen MR) is 64.7 cm³/mol. The van der Waals surface area contributed by atoms with Gasteiger partial charge >= 0.3 is 0 Å². The Labute approximate surface area is 95.3 Å². The number of hydrogen-bond acceptors (Lipinski definition) is 3. The molecule has 0 saturated carbocycles. The zero-order valence-electron chi connectivity index (χ0n) is 9.81. The van der Waals surface area contributed by atoms with Crippen molar-refractivity contribution in [3.05, 3.63) is 36.7 Å². The molecule has 2 aromatic heterocycles. The fourth-order valence-electron chi connectivity index (χ4n) is 1.50. The Morgan fingerprint density at radius 1 is 1.12 bits per heavy atom. The van der Waals surface area contributed by atoms with E-state index in [0.717, 1.165) is 11.6 Å². The van der Waals surface area contributed by atoms with Crippen LogP contribution in [0.4, 0.5) is 11.6 Å². The Kier molecular flexibility index (Phi) is 2.64. The minimum absolute atomic E-state index is 0.0411. The summed E-state index contributed by atoms with van der Waals surface area (Å²) < 4.78 is 1.95. The molecule has 1 N–H and O–H groups in total. The number of rotatable bonds is 2. The number of anilines is 2. The normalized spacial score (nSPS) is 11.4. The van der Waals surface area contributed by atoms with Crippen molar-refractivity contribution < 1.29 is 0 Å². The first kappa shape index (κ1) is 10.7. The molecule has 16 heavy (non-hydrogen) atoms. The van der Waals surface area contributed by atoms with E-state index < -0.39 is 0 Å². The molecule has 2 rings (SSSR count). The molecule has 0 bridgehead atoms. The van der Waals surface area contributed by atoms with Crippen LogP contribution >= 0.6 is 0 Å². The van der Waals surface area contributed by atoms with E-state index in [0.29, 0.717) is 0 Å². The maximum atomic E-state index is 4.31. The summed E-state index contributed by atoms with van der Waals surface area (Å²) in [5.41, 5.74) is -0.0411. The first-order chi connectivity index (χ1) is 7.57. The second-order valence-corrected chi connectivity index (χ2v) is 4.64. The van der Waals surface area contributed by atoms with Crippen molar-refractivity contribution in [2.45, 2.75) is 26.3 Å². The SMILES string of the molecule is CC(C)(C)n1nccc1Nc1ccccn1. The van der Waals surface area contributed by atoms with Crippen LogP contribution in [0, 0.1) is 0 Å². The lowest BCUT2D eigenvalue weighted by Gasteiger charge is -2.22. The lowest BCUT2D eigenvalue weighted by atomic mass is 10.1. The van der Waals surface area contributed by atoms with Crippen molar-refractivity contribution in [2.24, 2.45) is 0 Å². The molecule has 0 radical (unpaired) electrons. The molecule has 0 fully saturated rings. The largest absolute Gasteiger partial charge is 0.325 e. The predicted octanol–water partition coefficient (Wildman–Crippen LogP) is 2.78. The summed E-state index contributed by atoms with van der Waals surface area (Å²) in [5.74, 6) is 1.78. The van der Waals surface area contributed by atoms with Gasteiger partial charge in [-0.2, -0.15) is 5.10 Å². The van der Waals surface area contributed by atoms with E-state index in [-0.39, 0.29) is 5.54 Å². The Morgan fingerprint density at radius 2 is 1.94 bits per heavy atom. The van der Waals surface area contributed by atoms with Gasteiger partial charge in [0.2, 0.25) is 0 Å². The van der Waals surface area contributed by atoms with Crippen LogP contribution in [0.25, 0.3) is 0 Å². The topological polar surface area (TPSA) is 42.7 Å². The van der Waals surface area contributed by atoms with Crippen LogP contribution in [0.3, 0.4) is 0 Å². The molecule has 0 unspecified atom stereocenters. The van der Waals surface area contributed by atoms with Crippen molar-refractivity contribution in [2.75, 3.05) is 5.32 Å². The van der Waals surface area contributed by atoms with Gasteiger partial charge < -0.3 is 5.32 Å². The number of hydrogen-bond donors (Lipinski definition) is 1. The lowest BCUT2D eigenvalue weighted by Crippen LogP contribution is -2.24. The van der Waals surface area contributed by atoms with Gasteiger partial charge in [-0.1, -0.05) is 6.07 Å². The maximum Gasteiger partial charge on any atom is 0.131 e. The van der Waals surface area contributed by atoms with E-state index >= 15 is 0 Å². The highest BCUT2D eigenvalue weighted by molar-refractivity contribution is 5.51. The summed E-state index contributed by atoms with van der Waals surface area (Å²) in [7, 11) is 0. The molecule has 2 aromatic rings. The first-order valence-electron chi connectivity index (χ1n) is 5.30. The Bertz CT molecular complexity index is 453. The van der Waals surface area contributed by atoms with Crippen LogP contribution in [0.2, 0.25) is 0 Å². The number of aromatic nitrogens is 3. The minimum Gasteiger partial charge on any atom is -0.325 e. The van der Waals surface area contributed by atoms with Crippen molar-refractivity contribution in [3.8, 4) is 0 Å². The smallest absolute Gasteiger partial charge is 0.131 e. The van der Waals surface area contributed by atoms with Crippen LogP contribution in [-0.2, 0) is 5.54 Å². The number of nitrogens with zero attached hydrogens (tertiary/aromatic N) is 3. The van der Waals surface area contributed by atoms with Gasteiger partial charge in [-0.05, 0) is 32.9 Å². The van der Waals surface area contributed by atoms with Gasteiger partial charge in [0.05, 0.1) is 11.7 Å². The second kappa shape index (κ2) is 3.96. The third-order valence-corrected chi connectivity index (χ3v) is 2.20. The van der Waals surface area contributed by atoms with Crippen molar-refractivity contribution in [1.82, 2.24) is 14.8 Å². The molecular weight excluding hydrogens is 200 g/mol. The molecule has 0 aliphatic rings. The molecule has 0 saturated heterocycles. The summed E-state index contributed by atoms with van der Waals surface area (Å²) in [6.45, 7) is 6.34. The zero-order chi connectivity index (χ0) is 11.6. The molecule has 2 heterocycles. The molecule has 0 spiro atoms. The molecule has 84 valence electrons. The third-order valence-electron chi connectivity index (χ3n) is 2.20. The van der Waals surface area contributed by atoms with Gasteiger partial charge in [0.15, 0.2) is 0 Å². The van der Waals surface area contributed by atoms with Crippen molar-refractivity contribution in [1.29, 1.82) is 0 Å². The van der Waals surface area contributed by atoms with Gasteiger partial charge in [-0.3, -0.25) is 0 Å². The molecule has 0 amide bonds. The van der Waals surface area contributed by atoms with E-state index in [2.05, 4.69) is 36.2 Å². The van der Waals surface area contributed by atoms with E-state index in [1.807, 2.05) is 28.9 Å². The molecule has 0 aromatic carbocycles. The quantitative estimate of drug-likeness (QED) is 0.839. The van der Waals surface area contributed by atoms with Gasteiger partial charge in [-0.25, -0.2) is 9.67 Å². The van der Waals surface area contributed by atoms with Crippen LogP contribution in [0.5, 0.6) is 0 Å². The maximum absolute atomic E-state index is 4.31. The van der Waals surface area contributed by atoms with E-state index in [4.69, 9.17) is 0 Å². The fourth-order valence-corrected chi connectivity index (χ4v) is 1.50. The minimum atomic E-state index is -0.0411. The van der Waals surface area contributed by atoms with Crippen LogP contribution < -0.4 is 5.32 Å². The molecule has 4 nitrogen and oxygen atoms in total. The molecule has 0 aliphatic heterocycles. The molecular formula is C12H16N4. The highest BCUT2D eigenvalue weighted by Gasteiger charge is 2.17. The Balaban J connectivity index is 2.26. The monoisotopic (exact) mass is 216 g/mol. The van der Waals surface area contributed by atoms with Crippen molar-refractivity contribution >= 4 is 11.6 Å². The van der Waals surface area contributed by atoms with Gasteiger partial charge in [0.1, 0.15) is 11.6 Å². The van der Waals surface area contributed by atoms with E-state index in [1.165, 1.54) is 0 Å². The lowest BCUT2D eigenvalue weighted by molar-refractivity contribution is 0.361.